The number of nitrogens with one attached hydrogen (secondary N) is 1. The SMILES string of the molecule is CCCNC(=S)N(C)CC1CC1. The standard InChI is InChI=1S/C9H18N2S/c1-3-6-10-9(12)11(2)7-8-4-5-8/h8H,3-7H2,1-2H3,(H,10,12). The summed E-state index contributed by atoms with van der Waals surface area (Å²) in [6.45, 7) is 4.28. The van der Waals surface area contributed by atoms with Gasteiger partial charge >= 0.3 is 0 Å². The molecule has 1 N–H and O–H groups in total. The molecule has 0 aromatic rings. The number of hydrogen-bond acceptors (Lipinski definition) is 1. The van der Waals surface area contributed by atoms with E-state index in [9.17, 15) is 0 Å². The van der Waals surface area contributed by atoms with Gasteiger partial charge in [0.15, 0.2) is 5.11 Å². The summed E-state index contributed by atoms with van der Waals surface area (Å²) in [4.78, 5) is 2.16. The Bertz CT molecular complexity index is 155. The Kier molecular flexibility index (Phi) is 3.79. The summed E-state index contributed by atoms with van der Waals surface area (Å²) in [7, 11) is 2.07. The highest BCUT2D eigenvalue weighted by Gasteiger charge is 2.23. The summed E-state index contributed by atoms with van der Waals surface area (Å²) >= 11 is 5.20. The summed E-state index contributed by atoms with van der Waals surface area (Å²) in [5, 5.41) is 4.13. The first-order chi connectivity index (χ1) is 5.74. The predicted octanol–water partition coefficient (Wildman–Crippen LogP) is 1.61. The van der Waals surface area contributed by atoms with Gasteiger partial charge in [-0.25, -0.2) is 0 Å². The van der Waals surface area contributed by atoms with Crippen molar-refractivity contribution in [3.8, 4) is 0 Å². The van der Waals surface area contributed by atoms with Gasteiger partial charge in [-0.15, -0.1) is 0 Å². The molecule has 2 nitrogen and oxygen atoms in total. The predicted molar refractivity (Wildman–Crippen MR) is 56.2 cm³/mol. The van der Waals surface area contributed by atoms with Crippen LogP contribution in [-0.2, 0) is 0 Å². The monoisotopic (exact) mass is 186 g/mol. The summed E-state index contributed by atoms with van der Waals surface area (Å²) in [6, 6.07) is 0. The van der Waals surface area contributed by atoms with E-state index < -0.39 is 0 Å². The molecule has 3 heteroatoms. The van der Waals surface area contributed by atoms with E-state index in [1.165, 1.54) is 12.8 Å². The van der Waals surface area contributed by atoms with E-state index in [-0.39, 0.29) is 0 Å². The van der Waals surface area contributed by atoms with E-state index in [4.69, 9.17) is 12.2 Å². The maximum absolute atomic E-state index is 5.20. The van der Waals surface area contributed by atoms with Crippen LogP contribution >= 0.6 is 12.2 Å². The lowest BCUT2D eigenvalue weighted by Crippen LogP contribution is -2.38. The Hall–Kier alpha value is -0.310. The van der Waals surface area contributed by atoms with Crippen LogP contribution in [0.4, 0.5) is 0 Å². The van der Waals surface area contributed by atoms with Crippen LogP contribution < -0.4 is 5.32 Å². The third-order valence-corrected chi connectivity index (χ3v) is 2.56. The van der Waals surface area contributed by atoms with Crippen LogP contribution in [0.3, 0.4) is 0 Å². The molecule has 0 radical (unpaired) electrons. The van der Waals surface area contributed by atoms with Crippen molar-refractivity contribution in [1.82, 2.24) is 10.2 Å². The molecule has 0 bridgehead atoms. The van der Waals surface area contributed by atoms with Crippen molar-refractivity contribution in [2.45, 2.75) is 26.2 Å². The minimum absolute atomic E-state index is 0.906. The van der Waals surface area contributed by atoms with Crippen LogP contribution in [0.1, 0.15) is 26.2 Å². The van der Waals surface area contributed by atoms with E-state index >= 15 is 0 Å². The van der Waals surface area contributed by atoms with Gasteiger partial charge in [-0.3, -0.25) is 0 Å². The second-order valence-electron chi connectivity index (χ2n) is 3.56. The molecule has 0 aliphatic heterocycles. The molecule has 0 amide bonds. The summed E-state index contributed by atoms with van der Waals surface area (Å²) in [5.74, 6) is 0.913. The van der Waals surface area contributed by atoms with Crippen molar-refractivity contribution >= 4 is 17.3 Å². The molecule has 12 heavy (non-hydrogen) atoms. The first-order valence-electron chi connectivity index (χ1n) is 4.73. The van der Waals surface area contributed by atoms with Crippen molar-refractivity contribution in [3.05, 3.63) is 0 Å². The van der Waals surface area contributed by atoms with Crippen LogP contribution in [0.5, 0.6) is 0 Å². The van der Waals surface area contributed by atoms with Crippen molar-refractivity contribution < 1.29 is 0 Å². The second-order valence-corrected chi connectivity index (χ2v) is 3.94. The zero-order chi connectivity index (χ0) is 8.97. The van der Waals surface area contributed by atoms with E-state index in [1.54, 1.807) is 0 Å². The van der Waals surface area contributed by atoms with Crippen LogP contribution in [0, 0.1) is 5.92 Å². The summed E-state index contributed by atoms with van der Waals surface area (Å²) in [6.07, 6.45) is 3.92. The molecular formula is C9H18N2S. The molecule has 1 aliphatic rings. The minimum atomic E-state index is 0.906. The average Bonchev–Trinajstić information content (AvgIpc) is 2.83. The molecule has 0 aromatic carbocycles. The fourth-order valence-electron chi connectivity index (χ4n) is 1.14. The van der Waals surface area contributed by atoms with Gasteiger partial charge in [-0.1, -0.05) is 6.92 Å². The maximum atomic E-state index is 5.20. The van der Waals surface area contributed by atoms with Crippen molar-refractivity contribution in [2.75, 3.05) is 20.1 Å². The molecule has 1 rings (SSSR count). The molecule has 0 aromatic heterocycles. The number of thiocarbonyl (C=S) groups is 1. The first kappa shape index (κ1) is 9.78. The molecular weight excluding hydrogens is 168 g/mol. The lowest BCUT2D eigenvalue weighted by atomic mass is 10.4. The van der Waals surface area contributed by atoms with E-state index in [0.717, 1.165) is 30.5 Å². The molecule has 0 heterocycles. The van der Waals surface area contributed by atoms with Gasteiger partial charge < -0.3 is 10.2 Å². The molecule has 0 atom stereocenters. The highest BCUT2D eigenvalue weighted by atomic mass is 32.1. The highest BCUT2D eigenvalue weighted by molar-refractivity contribution is 7.80. The fraction of sp³-hybridized carbons (Fsp3) is 0.889. The zero-order valence-electron chi connectivity index (χ0n) is 7.97. The summed E-state index contributed by atoms with van der Waals surface area (Å²) in [5.41, 5.74) is 0. The molecule has 0 spiro atoms. The van der Waals surface area contributed by atoms with Crippen LogP contribution in [0.15, 0.2) is 0 Å². The van der Waals surface area contributed by atoms with Gasteiger partial charge in [0.25, 0.3) is 0 Å². The van der Waals surface area contributed by atoms with Gasteiger partial charge in [-0.05, 0) is 37.4 Å². The van der Waals surface area contributed by atoms with E-state index in [2.05, 4.69) is 24.2 Å². The molecule has 1 saturated carbocycles. The van der Waals surface area contributed by atoms with Crippen molar-refractivity contribution in [1.29, 1.82) is 0 Å². The smallest absolute Gasteiger partial charge is 0.168 e. The van der Waals surface area contributed by atoms with E-state index in [0.29, 0.717) is 0 Å². The Labute approximate surface area is 80.3 Å². The molecule has 0 unspecified atom stereocenters. The lowest BCUT2D eigenvalue weighted by Gasteiger charge is -2.20. The summed E-state index contributed by atoms with van der Waals surface area (Å²) < 4.78 is 0. The van der Waals surface area contributed by atoms with Gasteiger partial charge in [0.1, 0.15) is 0 Å². The Morgan fingerprint density at radius 3 is 2.75 bits per heavy atom. The van der Waals surface area contributed by atoms with Crippen molar-refractivity contribution in [3.63, 3.8) is 0 Å². The van der Waals surface area contributed by atoms with Crippen molar-refractivity contribution in [2.24, 2.45) is 5.92 Å². The Morgan fingerprint density at radius 1 is 1.58 bits per heavy atom. The molecule has 1 aliphatic carbocycles. The normalized spacial score (nSPS) is 15.8. The fourth-order valence-corrected chi connectivity index (χ4v) is 1.31. The van der Waals surface area contributed by atoms with Crippen LogP contribution in [0.2, 0.25) is 0 Å². The number of nitrogens with zero attached hydrogens (tertiary/aromatic N) is 1. The van der Waals surface area contributed by atoms with Gasteiger partial charge in [0.2, 0.25) is 0 Å². The van der Waals surface area contributed by atoms with Gasteiger partial charge in [0.05, 0.1) is 0 Å². The second kappa shape index (κ2) is 4.65. The number of hydrogen-bond donors (Lipinski definition) is 1. The van der Waals surface area contributed by atoms with Gasteiger partial charge in [0, 0.05) is 20.1 Å². The van der Waals surface area contributed by atoms with Crippen LogP contribution in [0.25, 0.3) is 0 Å². The van der Waals surface area contributed by atoms with Gasteiger partial charge in [-0.2, -0.15) is 0 Å². The third-order valence-electron chi connectivity index (χ3n) is 2.10. The molecule has 1 fully saturated rings. The quantitative estimate of drug-likeness (QED) is 0.672. The minimum Gasteiger partial charge on any atom is -0.363 e. The van der Waals surface area contributed by atoms with E-state index in [1.807, 2.05) is 0 Å². The highest BCUT2D eigenvalue weighted by Crippen LogP contribution is 2.29. The first-order valence-corrected chi connectivity index (χ1v) is 5.13. The number of rotatable bonds is 4. The lowest BCUT2D eigenvalue weighted by molar-refractivity contribution is 0.466. The average molecular weight is 186 g/mol. The zero-order valence-corrected chi connectivity index (χ0v) is 8.78. The Morgan fingerprint density at radius 2 is 2.25 bits per heavy atom. The van der Waals surface area contributed by atoms with Crippen LogP contribution in [-0.4, -0.2) is 30.1 Å². The maximum Gasteiger partial charge on any atom is 0.168 e. The molecule has 0 saturated heterocycles. The topological polar surface area (TPSA) is 15.3 Å². The third kappa shape index (κ3) is 3.39. The largest absolute Gasteiger partial charge is 0.363 e. The molecule has 70 valence electrons. The Balaban J connectivity index is 2.11.